The average molecular weight is 412 g/mol. The van der Waals surface area contributed by atoms with Crippen molar-refractivity contribution < 1.29 is 4.74 Å². The first-order valence-electron chi connectivity index (χ1n) is 11.2. The number of nitrogens with zero attached hydrogens (tertiary/aromatic N) is 1. The molecule has 1 aliphatic heterocycles. The molecule has 1 unspecified atom stereocenters. The molecular formula is C29H33NO. The highest BCUT2D eigenvalue weighted by Gasteiger charge is 2.48. The first-order valence-corrected chi connectivity index (χ1v) is 11.2. The largest absolute Gasteiger partial charge is 0.342 e. The summed E-state index contributed by atoms with van der Waals surface area (Å²) in [5.74, 6) is 0. The van der Waals surface area contributed by atoms with Crippen molar-refractivity contribution in [1.29, 1.82) is 0 Å². The molecule has 1 atom stereocenters. The van der Waals surface area contributed by atoms with Gasteiger partial charge in [0.1, 0.15) is 0 Å². The summed E-state index contributed by atoms with van der Waals surface area (Å²) < 4.78 is 6.92. The van der Waals surface area contributed by atoms with Crippen LogP contribution in [-0.4, -0.2) is 11.4 Å². The summed E-state index contributed by atoms with van der Waals surface area (Å²) in [6, 6.07) is 27.9. The van der Waals surface area contributed by atoms with Crippen LogP contribution in [0.25, 0.3) is 5.70 Å². The molecule has 3 aromatic rings. The van der Waals surface area contributed by atoms with E-state index >= 15 is 0 Å². The van der Waals surface area contributed by atoms with Crippen molar-refractivity contribution in [3.8, 4) is 0 Å². The van der Waals surface area contributed by atoms with Gasteiger partial charge in [-0.05, 0) is 23.0 Å². The minimum absolute atomic E-state index is 0.144. The van der Waals surface area contributed by atoms with Crippen LogP contribution < -0.4 is 0 Å². The highest BCUT2D eigenvalue weighted by Crippen LogP contribution is 2.50. The molecule has 1 aliphatic rings. The van der Waals surface area contributed by atoms with Crippen molar-refractivity contribution in [2.75, 3.05) is 6.54 Å². The van der Waals surface area contributed by atoms with E-state index in [-0.39, 0.29) is 5.41 Å². The second kappa shape index (κ2) is 8.36. The predicted molar refractivity (Wildman–Crippen MR) is 130 cm³/mol. The van der Waals surface area contributed by atoms with Crippen LogP contribution in [0.1, 0.15) is 61.9 Å². The molecule has 1 heterocycles. The minimum Gasteiger partial charge on any atom is -0.342 e. The Balaban J connectivity index is 1.77. The third-order valence-electron chi connectivity index (χ3n) is 6.19. The van der Waals surface area contributed by atoms with Gasteiger partial charge in [-0.3, -0.25) is 0 Å². The zero-order chi connectivity index (χ0) is 22.1. The molecule has 0 aliphatic carbocycles. The van der Waals surface area contributed by atoms with Crippen molar-refractivity contribution in [2.45, 2.75) is 51.9 Å². The van der Waals surface area contributed by atoms with Crippen LogP contribution in [0.2, 0.25) is 0 Å². The van der Waals surface area contributed by atoms with Crippen molar-refractivity contribution in [2.24, 2.45) is 0 Å². The van der Waals surface area contributed by atoms with E-state index in [2.05, 4.69) is 118 Å². The molecule has 160 valence electrons. The lowest BCUT2D eigenvalue weighted by molar-refractivity contribution is -0.111. The smallest absolute Gasteiger partial charge is 0.194 e. The molecule has 0 fully saturated rings. The number of benzene rings is 3. The molecule has 0 saturated heterocycles. The first-order chi connectivity index (χ1) is 14.9. The Morgan fingerprint density at radius 2 is 1.52 bits per heavy atom. The highest BCUT2D eigenvalue weighted by atomic mass is 16.5. The van der Waals surface area contributed by atoms with E-state index < -0.39 is 5.72 Å². The normalized spacial score (nSPS) is 18.3. The fourth-order valence-corrected chi connectivity index (χ4v) is 4.53. The van der Waals surface area contributed by atoms with E-state index in [1.807, 2.05) is 0 Å². The third kappa shape index (κ3) is 3.81. The molecule has 3 aromatic carbocycles. The molecule has 0 N–H and O–H groups in total. The zero-order valence-electron chi connectivity index (χ0n) is 19.2. The maximum absolute atomic E-state index is 6.92. The molecule has 0 amide bonds. The summed E-state index contributed by atoms with van der Waals surface area (Å²) in [7, 11) is 0. The Morgan fingerprint density at radius 1 is 0.871 bits per heavy atom. The Kier molecular flexibility index (Phi) is 5.77. The van der Waals surface area contributed by atoms with Crippen LogP contribution in [-0.2, 0) is 22.5 Å². The summed E-state index contributed by atoms with van der Waals surface area (Å²) in [6.07, 6.45) is 1.02. The summed E-state index contributed by atoms with van der Waals surface area (Å²) in [6.45, 7) is 14.8. The van der Waals surface area contributed by atoms with Crippen molar-refractivity contribution in [3.63, 3.8) is 0 Å². The second-order valence-electron chi connectivity index (χ2n) is 9.39. The second-order valence-corrected chi connectivity index (χ2v) is 9.39. The van der Waals surface area contributed by atoms with Crippen molar-refractivity contribution in [1.82, 2.24) is 4.90 Å². The summed E-state index contributed by atoms with van der Waals surface area (Å²) >= 11 is 0. The molecule has 0 spiro atoms. The Labute approximate surface area is 187 Å². The number of ether oxygens (including phenoxy) is 1. The van der Waals surface area contributed by atoms with Gasteiger partial charge < -0.3 is 9.64 Å². The van der Waals surface area contributed by atoms with Gasteiger partial charge in [-0.2, -0.15) is 0 Å². The molecule has 2 heteroatoms. The standard InChI is InChI=1S/C29H33NO/c1-6-20-30-22(2)26-14-10-11-15-27(26)29(30,25-12-8-7-9-13-25)31-21-23-16-18-24(19-17-23)28(3,4)5/h7-19H,2,6,20-21H2,1,3-5H3. The minimum atomic E-state index is -0.673. The molecular weight excluding hydrogens is 378 g/mol. The number of rotatable bonds is 6. The van der Waals surface area contributed by atoms with Gasteiger partial charge in [-0.15, -0.1) is 0 Å². The molecule has 4 rings (SSSR count). The maximum atomic E-state index is 6.92. The van der Waals surface area contributed by atoms with Crippen molar-refractivity contribution >= 4 is 5.70 Å². The molecule has 2 nitrogen and oxygen atoms in total. The quantitative estimate of drug-likeness (QED) is 0.429. The lowest BCUT2D eigenvalue weighted by Crippen LogP contribution is -2.44. The fourth-order valence-electron chi connectivity index (χ4n) is 4.53. The Morgan fingerprint density at radius 3 is 2.16 bits per heavy atom. The number of fused-ring (bicyclic) bond motifs is 1. The van der Waals surface area contributed by atoms with Gasteiger partial charge in [0.2, 0.25) is 0 Å². The van der Waals surface area contributed by atoms with E-state index in [1.54, 1.807) is 0 Å². The van der Waals surface area contributed by atoms with Gasteiger partial charge in [0.15, 0.2) is 5.72 Å². The van der Waals surface area contributed by atoms with E-state index in [1.165, 1.54) is 22.3 Å². The predicted octanol–water partition coefficient (Wildman–Crippen LogP) is 7.10. The Bertz CT molecular complexity index is 1050. The molecule has 0 aromatic heterocycles. The highest BCUT2D eigenvalue weighted by molar-refractivity contribution is 5.73. The molecule has 31 heavy (non-hydrogen) atoms. The van der Waals surface area contributed by atoms with E-state index in [4.69, 9.17) is 4.74 Å². The Hall–Kier alpha value is -2.84. The van der Waals surface area contributed by atoms with E-state index in [0.29, 0.717) is 6.61 Å². The molecule has 0 bridgehead atoms. The van der Waals surface area contributed by atoms with Gasteiger partial charge in [0.05, 0.1) is 6.61 Å². The van der Waals surface area contributed by atoms with Gasteiger partial charge in [0, 0.05) is 28.9 Å². The van der Waals surface area contributed by atoms with Crippen LogP contribution in [0.3, 0.4) is 0 Å². The maximum Gasteiger partial charge on any atom is 0.194 e. The van der Waals surface area contributed by atoms with Crippen LogP contribution in [0.15, 0.2) is 85.4 Å². The fraction of sp³-hybridized carbons (Fsp3) is 0.310. The van der Waals surface area contributed by atoms with E-state index in [9.17, 15) is 0 Å². The van der Waals surface area contributed by atoms with Crippen LogP contribution in [0.4, 0.5) is 0 Å². The molecule has 0 saturated carbocycles. The van der Waals surface area contributed by atoms with Gasteiger partial charge in [-0.1, -0.05) is 113 Å². The van der Waals surface area contributed by atoms with Crippen LogP contribution in [0.5, 0.6) is 0 Å². The third-order valence-corrected chi connectivity index (χ3v) is 6.19. The number of hydrogen-bond donors (Lipinski definition) is 0. The van der Waals surface area contributed by atoms with Gasteiger partial charge in [0.25, 0.3) is 0 Å². The lowest BCUT2D eigenvalue weighted by Gasteiger charge is -2.41. The zero-order valence-corrected chi connectivity index (χ0v) is 19.2. The summed E-state index contributed by atoms with van der Waals surface area (Å²) in [4.78, 5) is 2.34. The van der Waals surface area contributed by atoms with Crippen LogP contribution >= 0.6 is 0 Å². The first kappa shape index (κ1) is 21.4. The molecule has 0 radical (unpaired) electrons. The van der Waals surface area contributed by atoms with Gasteiger partial charge in [-0.25, -0.2) is 0 Å². The topological polar surface area (TPSA) is 12.5 Å². The van der Waals surface area contributed by atoms with Crippen LogP contribution in [0, 0.1) is 0 Å². The SMILES string of the molecule is C=C1c2ccccc2C(OCc2ccc(C(C)(C)C)cc2)(c2ccccc2)N1CCC. The van der Waals surface area contributed by atoms with Gasteiger partial charge >= 0.3 is 0 Å². The van der Waals surface area contributed by atoms with Crippen molar-refractivity contribution in [3.05, 3.63) is 113 Å². The average Bonchev–Trinajstić information content (AvgIpc) is 3.02. The number of hydrogen-bond acceptors (Lipinski definition) is 2. The summed E-state index contributed by atoms with van der Waals surface area (Å²) in [5.41, 5.74) is 6.49. The summed E-state index contributed by atoms with van der Waals surface area (Å²) in [5, 5.41) is 0. The van der Waals surface area contributed by atoms with E-state index in [0.717, 1.165) is 24.2 Å². The lowest BCUT2D eigenvalue weighted by atomic mass is 9.87. The monoisotopic (exact) mass is 411 g/mol.